The Labute approximate surface area is 99.1 Å². The van der Waals surface area contributed by atoms with Crippen LogP contribution in [0.3, 0.4) is 0 Å². The molecule has 2 rings (SSSR count). The summed E-state index contributed by atoms with van der Waals surface area (Å²) in [5, 5.41) is 8.73. The molecule has 0 bridgehead atoms. The fourth-order valence-corrected chi connectivity index (χ4v) is 2.38. The van der Waals surface area contributed by atoms with Gasteiger partial charge in [-0.2, -0.15) is 0 Å². The number of carboxylic acids is 1. The molecule has 1 N–H and O–H groups in total. The highest BCUT2D eigenvalue weighted by molar-refractivity contribution is 5.82. The summed E-state index contributed by atoms with van der Waals surface area (Å²) in [7, 11) is 0. The summed E-state index contributed by atoms with van der Waals surface area (Å²) < 4.78 is 13.8. The molecule has 0 aromatic rings. The summed E-state index contributed by atoms with van der Waals surface area (Å²) in [6.45, 7) is -0.102. The minimum absolute atomic E-state index is 0.103. The van der Waals surface area contributed by atoms with E-state index in [0.29, 0.717) is 6.42 Å². The Hall–Kier alpha value is -1.39. The third kappa shape index (κ3) is 2.48. The van der Waals surface area contributed by atoms with Gasteiger partial charge in [-0.05, 0) is 18.8 Å². The zero-order valence-electron chi connectivity index (χ0n) is 9.56. The van der Waals surface area contributed by atoms with E-state index in [1.807, 2.05) is 12.2 Å². The predicted molar refractivity (Wildman–Crippen MR) is 59.2 cm³/mol. The van der Waals surface area contributed by atoms with Crippen LogP contribution in [-0.4, -0.2) is 40.6 Å². The van der Waals surface area contributed by atoms with Gasteiger partial charge in [0.1, 0.15) is 0 Å². The number of likely N-dealkylation sites (tertiary alicyclic amines) is 1. The minimum atomic E-state index is -2.25. The molecule has 5 heteroatoms. The number of carbonyl (C=O) groups is 2. The largest absolute Gasteiger partial charge is 0.479 e. The quantitative estimate of drug-likeness (QED) is 0.759. The molecule has 1 heterocycles. The van der Waals surface area contributed by atoms with Crippen LogP contribution in [0.2, 0.25) is 0 Å². The second-order valence-electron chi connectivity index (χ2n) is 4.81. The predicted octanol–water partition coefficient (Wildman–Crippen LogP) is 1.37. The third-order valence-electron chi connectivity index (χ3n) is 3.50. The van der Waals surface area contributed by atoms with Gasteiger partial charge in [0.2, 0.25) is 11.6 Å². The van der Waals surface area contributed by atoms with Gasteiger partial charge in [-0.15, -0.1) is 0 Å². The van der Waals surface area contributed by atoms with Crippen LogP contribution in [0.15, 0.2) is 12.2 Å². The zero-order valence-corrected chi connectivity index (χ0v) is 9.56. The number of rotatable bonds is 3. The lowest BCUT2D eigenvalue weighted by Crippen LogP contribution is -2.39. The van der Waals surface area contributed by atoms with E-state index in [1.54, 1.807) is 0 Å². The van der Waals surface area contributed by atoms with Crippen molar-refractivity contribution in [3.05, 3.63) is 12.2 Å². The summed E-state index contributed by atoms with van der Waals surface area (Å²) in [6, 6.07) is 0. The summed E-state index contributed by atoms with van der Waals surface area (Å²) >= 11 is 0. The Kier molecular flexibility index (Phi) is 3.17. The zero-order chi connectivity index (χ0) is 12.5. The summed E-state index contributed by atoms with van der Waals surface area (Å²) in [5.41, 5.74) is -2.25. The van der Waals surface area contributed by atoms with E-state index in [-0.39, 0.29) is 31.3 Å². The van der Waals surface area contributed by atoms with Crippen LogP contribution in [0, 0.1) is 5.92 Å². The van der Waals surface area contributed by atoms with Crippen molar-refractivity contribution in [1.29, 1.82) is 0 Å². The average Bonchev–Trinajstić information content (AvgIpc) is 2.88. The van der Waals surface area contributed by atoms with Crippen molar-refractivity contribution in [2.75, 3.05) is 13.1 Å². The van der Waals surface area contributed by atoms with Gasteiger partial charge in [0, 0.05) is 19.4 Å². The maximum absolute atomic E-state index is 13.8. The molecule has 2 unspecified atom stereocenters. The standard InChI is InChI=1S/C12H16FNO3/c13-12(11(16)17)5-6-14(8-12)10(15)7-9-3-1-2-4-9/h1,3,9H,2,4-8H2,(H,16,17). The van der Waals surface area contributed by atoms with Crippen LogP contribution in [0.5, 0.6) is 0 Å². The summed E-state index contributed by atoms with van der Waals surface area (Å²) in [6.07, 6.45) is 6.26. The molecule has 2 aliphatic rings. The van der Waals surface area contributed by atoms with E-state index in [4.69, 9.17) is 5.11 Å². The van der Waals surface area contributed by atoms with Crippen molar-refractivity contribution in [3.8, 4) is 0 Å². The number of carboxylic acid groups (broad SMARTS) is 1. The van der Waals surface area contributed by atoms with E-state index in [1.165, 1.54) is 4.90 Å². The van der Waals surface area contributed by atoms with Crippen LogP contribution in [0.4, 0.5) is 4.39 Å². The minimum Gasteiger partial charge on any atom is -0.479 e. The molecule has 1 aliphatic heterocycles. The van der Waals surface area contributed by atoms with E-state index in [9.17, 15) is 14.0 Å². The molecule has 4 nitrogen and oxygen atoms in total. The van der Waals surface area contributed by atoms with Crippen molar-refractivity contribution in [3.63, 3.8) is 0 Å². The van der Waals surface area contributed by atoms with Crippen molar-refractivity contribution < 1.29 is 19.1 Å². The Bertz CT molecular complexity index is 369. The van der Waals surface area contributed by atoms with Gasteiger partial charge < -0.3 is 10.0 Å². The fraction of sp³-hybridized carbons (Fsp3) is 0.667. The molecule has 0 spiro atoms. The van der Waals surface area contributed by atoms with E-state index < -0.39 is 11.6 Å². The average molecular weight is 241 g/mol. The van der Waals surface area contributed by atoms with Crippen LogP contribution in [0.1, 0.15) is 25.7 Å². The first-order valence-electron chi connectivity index (χ1n) is 5.88. The fourth-order valence-electron chi connectivity index (χ4n) is 2.38. The smallest absolute Gasteiger partial charge is 0.343 e. The molecule has 17 heavy (non-hydrogen) atoms. The van der Waals surface area contributed by atoms with Gasteiger partial charge in [0.15, 0.2) is 0 Å². The van der Waals surface area contributed by atoms with Gasteiger partial charge in [-0.3, -0.25) is 4.79 Å². The molecule has 1 saturated heterocycles. The molecule has 0 aromatic carbocycles. The van der Waals surface area contributed by atoms with Gasteiger partial charge in [-0.25, -0.2) is 9.18 Å². The Morgan fingerprint density at radius 2 is 2.29 bits per heavy atom. The molecule has 94 valence electrons. The first-order valence-corrected chi connectivity index (χ1v) is 5.88. The number of nitrogens with zero attached hydrogens (tertiary/aromatic N) is 1. The van der Waals surface area contributed by atoms with Gasteiger partial charge in [0.25, 0.3) is 0 Å². The number of halogens is 1. The first kappa shape index (κ1) is 12.1. The first-order chi connectivity index (χ1) is 8.01. The van der Waals surface area contributed by atoms with Gasteiger partial charge in [-0.1, -0.05) is 12.2 Å². The highest BCUT2D eigenvalue weighted by Crippen LogP contribution is 2.28. The third-order valence-corrected chi connectivity index (χ3v) is 3.50. The topological polar surface area (TPSA) is 57.6 Å². The molecule has 2 atom stereocenters. The van der Waals surface area contributed by atoms with Gasteiger partial charge >= 0.3 is 5.97 Å². The number of hydrogen-bond donors (Lipinski definition) is 1. The number of alkyl halides is 1. The van der Waals surface area contributed by atoms with Crippen LogP contribution >= 0.6 is 0 Å². The molecule has 1 amide bonds. The van der Waals surface area contributed by atoms with E-state index >= 15 is 0 Å². The lowest BCUT2D eigenvalue weighted by Gasteiger charge is -2.19. The van der Waals surface area contributed by atoms with Crippen LogP contribution in [0.25, 0.3) is 0 Å². The Morgan fingerprint density at radius 1 is 1.53 bits per heavy atom. The maximum atomic E-state index is 13.8. The van der Waals surface area contributed by atoms with Crippen molar-refractivity contribution in [2.24, 2.45) is 5.92 Å². The van der Waals surface area contributed by atoms with Crippen molar-refractivity contribution in [1.82, 2.24) is 4.90 Å². The number of amides is 1. The molecule has 0 saturated carbocycles. The van der Waals surface area contributed by atoms with E-state index in [2.05, 4.69) is 0 Å². The highest BCUT2D eigenvalue weighted by Gasteiger charge is 2.46. The highest BCUT2D eigenvalue weighted by atomic mass is 19.1. The SMILES string of the molecule is O=C(CC1C=CCC1)N1CCC(F)(C(=O)O)C1. The number of allylic oxidation sites excluding steroid dienone is 2. The van der Waals surface area contributed by atoms with Crippen LogP contribution < -0.4 is 0 Å². The monoisotopic (exact) mass is 241 g/mol. The number of carbonyl (C=O) groups excluding carboxylic acids is 1. The van der Waals surface area contributed by atoms with Crippen molar-refractivity contribution in [2.45, 2.75) is 31.4 Å². The summed E-state index contributed by atoms with van der Waals surface area (Å²) in [4.78, 5) is 23.9. The Balaban J connectivity index is 1.89. The second-order valence-corrected chi connectivity index (χ2v) is 4.81. The normalized spacial score (nSPS) is 32.1. The molecule has 1 aliphatic carbocycles. The molecule has 1 fully saturated rings. The maximum Gasteiger partial charge on any atom is 0.343 e. The number of aliphatic carboxylic acids is 1. The molecule has 0 aromatic heterocycles. The second kappa shape index (κ2) is 4.47. The molecular formula is C12H16FNO3. The molecular weight excluding hydrogens is 225 g/mol. The summed E-state index contributed by atoms with van der Waals surface area (Å²) in [5.74, 6) is -1.36. The molecule has 0 radical (unpaired) electrons. The lowest BCUT2D eigenvalue weighted by atomic mass is 10.0. The van der Waals surface area contributed by atoms with Crippen LogP contribution in [-0.2, 0) is 9.59 Å². The van der Waals surface area contributed by atoms with E-state index in [0.717, 1.165) is 12.8 Å². The lowest BCUT2D eigenvalue weighted by molar-refractivity contribution is -0.150. The van der Waals surface area contributed by atoms with Crippen molar-refractivity contribution >= 4 is 11.9 Å². The van der Waals surface area contributed by atoms with Gasteiger partial charge in [0.05, 0.1) is 6.54 Å². The Morgan fingerprint density at radius 3 is 2.82 bits per heavy atom. The number of hydrogen-bond acceptors (Lipinski definition) is 2.